The van der Waals surface area contributed by atoms with Crippen molar-refractivity contribution in [3.8, 4) is 0 Å². The van der Waals surface area contributed by atoms with Crippen molar-refractivity contribution < 1.29 is 4.74 Å². The second-order valence-corrected chi connectivity index (χ2v) is 6.96. The maximum atomic E-state index is 5.78. The van der Waals surface area contributed by atoms with Gasteiger partial charge >= 0.3 is 0 Å². The van der Waals surface area contributed by atoms with Gasteiger partial charge in [-0.1, -0.05) is 51.5 Å². The van der Waals surface area contributed by atoms with Gasteiger partial charge in [0.25, 0.3) is 0 Å². The molecule has 0 aliphatic heterocycles. The van der Waals surface area contributed by atoms with Crippen LogP contribution < -0.4 is 11.3 Å². The molecule has 1 aliphatic rings. The van der Waals surface area contributed by atoms with E-state index >= 15 is 0 Å². The highest BCUT2D eigenvalue weighted by molar-refractivity contribution is 5.29. The van der Waals surface area contributed by atoms with Crippen LogP contribution in [-0.2, 0) is 4.74 Å². The summed E-state index contributed by atoms with van der Waals surface area (Å²) >= 11 is 0. The van der Waals surface area contributed by atoms with Crippen LogP contribution in [0.1, 0.15) is 63.1 Å². The molecule has 0 saturated heterocycles. The maximum Gasteiger partial charge on any atom is 0.0827 e. The molecular formula is C17H28N2O. The molecule has 20 heavy (non-hydrogen) atoms. The first-order valence-corrected chi connectivity index (χ1v) is 7.56. The van der Waals surface area contributed by atoms with Crippen molar-refractivity contribution in [2.75, 3.05) is 7.11 Å². The van der Waals surface area contributed by atoms with Crippen LogP contribution in [0.15, 0.2) is 24.3 Å². The van der Waals surface area contributed by atoms with E-state index in [4.69, 9.17) is 10.6 Å². The molecule has 1 aromatic carbocycles. The molecule has 112 valence electrons. The smallest absolute Gasteiger partial charge is 0.0827 e. The monoisotopic (exact) mass is 276 g/mol. The number of nitrogens with one attached hydrogen (secondary N) is 1. The Balaban J connectivity index is 2.18. The van der Waals surface area contributed by atoms with Crippen molar-refractivity contribution in [3.63, 3.8) is 0 Å². The Morgan fingerprint density at radius 2 is 1.80 bits per heavy atom. The third-order valence-electron chi connectivity index (χ3n) is 4.46. The predicted molar refractivity (Wildman–Crippen MR) is 83.4 cm³/mol. The summed E-state index contributed by atoms with van der Waals surface area (Å²) in [4.78, 5) is 0. The van der Waals surface area contributed by atoms with Crippen LogP contribution in [0.25, 0.3) is 0 Å². The normalized spacial score (nSPS) is 19.4. The Hall–Kier alpha value is -0.900. The van der Waals surface area contributed by atoms with Crippen LogP contribution in [0.3, 0.4) is 0 Å². The fourth-order valence-electron chi connectivity index (χ4n) is 3.07. The Kier molecular flexibility index (Phi) is 4.84. The molecule has 0 aromatic heterocycles. The standard InChI is InChI=1S/C17H28N2O/c1-17(2,3)16(20-4)15(19-18)14-10-8-13(9-11-14)12-6-5-7-12/h8-12,15-16,19H,5-7,18H2,1-4H3. The second kappa shape index (κ2) is 6.25. The highest BCUT2D eigenvalue weighted by atomic mass is 16.5. The van der Waals surface area contributed by atoms with Crippen molar-refractivity contribution in [2.45, 2.75) is 58.1 Å². The van der Waals surface area contributed by atoms with Crippen molar-refractivity contribution in [1.82, 2.24) is 5.43 Å². The zero-order valence-electron chi connectivity index (χ0n) is 13.1. The molecule has 2 atom stereocenters. The summed E-state index contributed by atoms with van der Waals surface area (Å²) in [5.74, 6) is 6.56. The first kappa shape index (κ1) is 15.5. The minimum Gasteiger partial charge on any atom is -0.379 e. The van der Waals surface area contributed by atoms with Crippen molar-refractivity contribution in [1.29, 1.82) is 0 Å². The molecule has 3 heteroatoms. The summed E-state index contributed by atoms with van der Waals surface area (Å²) in [6, 6.07) is 8.89. The van der Waals surface area contributed by atoms with E-state index < -0.39 is 0 Å². The fourth-order valence-corrected chi connectivity index (χ4v) is 3.07. The highest BCUT2D eigenvalue weighted by Gasteiger charge is 2.33. The Morgan fingerprint density at radius 3 is 2.15 bits per heavy atom. The fraction of sp³-hybridized carbons (Fsp3) is 0.647. The number of hydrogen-bond acceptors (Lipinski definition) is 3. The lowest BCUT2D eigenvalue weighted by Gasteiger charge is -2.36. The number of nitrogens with two attached hydrogens (primary N) is 1. The maximum absolute atomic E-state index is 5.78. The summed E-state index contributed by atoms with van der Waals surface area (Å²) in [5.41, 5.74) is 5.60. The van der Waals surface area contributed by atoms with Gasteiger partial charge in [-0.15, -0.1) is 0 Å². The molecule has 0 amide bonds. The van der Waals surface area contributed by atoms with Crippen molar-refractivity contribution in [2.24, 2.45) is 11.3 Å². The lowest BCUT2D eigenvalue weighted by Crippen LogP contribution is -2.44. The molecule has 2 unspecified atom stereocenters. The summed E-state index contributed by atoms with van der Waals surface area (Å²) in [7, 11) is 1.75. The summed E-state index contributed by atoms with van der Waals surface area (Å²) in [6.45, 7) is 6.52. The molecule has 1 aromatic rings. The molecule has 3 N–H and O–H groups in total. The van der Waals surface area contributed by atoms with Crippen LogP contribution in [0.4, 0.5) is 0 Å². The van der Waals surface area contributed by atoms with E-state index in [9.17, 15) is 0 Å². The number of benzene rings is 1. The van der Waals surface area contributed by atoms with Crippen LogP contribution in [0.5, 0.6) is 0 Å². The molecule has 1 aliphatic carbocycles. The quantitative estimate of drug-likeness (QED) is 0.639. The van der Waals surface area contributed by atoms with Gasteiger partial charge in [-0.2, -0.15) is 0 Å². The number of hydrazine groups is 1. The van der Waals surface area contributed by atoms with Crippen LogP contribution in [-0.4, -0.2) is 13.2 Å². The van der Waals surface area contributed by atoms with Gasteiger partial charge in [-0.3, -0.25) is 11.3 Å². The van der Waals surface area contributed by atoms with E-state index in [1.54, 1.807) is 7.11 Å². The van der Waals surface area contributed by atoms with E-state index in [1.165, 1.54) is 30.4 Å². The van der Waals surface area contributed by atoms with Gasteiger partial charge in [0, 0.05) is 7.11 Å². The van der Waals surface area contributed by atoms with Crippen LogP contribution in [0, 0.1) is 5.41 Å². The van der Waals surface area contributed by atoms with E-state index in [2.05, 4.69) is 50.5 Å². The third-order valence-corrected chi connectivity index (χ3v) is 4.46. The van der Waals surface area contributed by atoms with E-state index in [-0.39, 0.29) is 17.6 Å². The van der Waals surface area contributed by atoms with E-state index in [1.807, 2.05) is 0 Å². The lowest BCUT2D eigenvalue weighted by molar-refractivity contribution is -0.0120. The number of hydrogen-bond donors (Lipinski definition) is 2. The van der Waals surface area contributed by atoms with Gasteiger partial charge in [-0.25, -0.2) is 0 Å². The molecule has 0 radical (unpaired) electrons. The number of methoxy groups -OCH3 is 1. The molecular weight excluding hydrogens is 248 g/mol. The molecule has 2 rings (SSSR count). The van der Waals surface area contributed by atoms with Gasteiger partial charge in [0.05, 0.1) is 12.1 Å². The molecule has 0 bridgehead atoms. The summed E-state index contributed by atoms with van der Waals surface area (Å²) in [5, 5.41) is 0. The van der Waals surface area contributed by atoms with Gasteiger partial charge in [-0.05, 0) is 35.3 Å². The number of ether oxygens (including phenoxy) is 1. The predicted octanol–water partition coefficient (Wildman–Crippen LogP) is 3.52. The summed E-state index contributed by atoms with van der Waals surface area (Å²) < 4.78 is 5.69. The van der Waals surface area contributed by atoms with E-state index in [0.29, 0.717) is 0 Å². The minimum atomic E-state index is 0.00967. The topological polar surface area (TPSA) is 47.3 Å². The van der Waals surface area contributed by atoms with Gasteiger partial charge < -0.3 is 4.74 Å². The molecule has 1 saturated carbocycles. The van der Waals surface area contributed by atoms with Gasteiger partial charge in [0.2, 0.25) is 0 Å². The first-order valence-electron chi connectivity index (χ1n) is 7.56. The van der Waals surface area contributed by atoms with Crippen LogP contribution >= 0.6 is 0 Å². The molecule has 1 fully saturated rings. The second-order valence-electron chi connectivity index (χ2n) is 6.96. The Labute approximate surface area is 122 Å². The zero-order chi connectivity index (χ0) is 14.8. The minimum absolute atomic E-state index is 0.00967. The Bertz CT molecular complexity index is 418. The first-order chi connectivity index (χ1) is 9.47. The van der Waals surface area contributed by atoms with Crippen LogP contribution in [0.2, 0.25) is 0 Å². The van der Waals surface area contributed by atoms with Gasteiger partial charge in [0.1, 0.15) is 0 Å². The Morgan fingerprint density at radius 1 is 1.20 bits per heavy atom. The SMILES string of the molecule is COC(C(NN)c1ccc(C2CCC2)cc1)C(C)(C)C. The summed E-state index contributed by atoms with van der Waals surface area (Å²) in [6.07, 6.45) is 4.07. The average Bonchev–Trinajstić information content (AvgIpc) is 2.33. The highest BCUT2D eigenvalue weighted by Crippen LogP contribution is 2.37. The van der Waals surface area contributed by atoms with Crippen molar-refractivity contribution in [3.05, 3.63) is 35.4 Å². The molecule has 3 nitrogen and oxygen atoms in total. The third kappa shape index (κ3) is 3.22. The molecule has 0 spiro atoms. The largest absolute Gasteiger partial charge is 0.379 e. The van der Waals surface area contributed by atoms with Gasteiger partial charge in [0.15, 0.2) is 0 Å². The molecule has 0 heterocycles. The zero-order valence-corrected chi connectivity index (χ0v) is 13.1. The van der Waals surface area contributed by atoms with E-state index in [0.717, 1.165) is 5.92 Å². The number of rotatable bonds is 5. The lowest BCUT2D eigenvalue weighted by atomic mass is 9.78. The van der Waals surface area contributed by atoms with Crippen molar-refractivity contribution >= 4 is 0 Å². The average molecular weight is 276 g/mol.